The van der Waals surface area contributed by atoms with E-state index in [9.17, 15) is 9.59 Å². The Morgan fingerprint density at radius 1 is 1.00 bits per heavy atom. The van der Waals surface area contributed by atoms with Crippen molar-refractivity contribution in [1.29, 1.82) is 0 Å². The van der Waals surface area contributed by atoms with E-state index < -0.39 is 0 Å². The molecule has 140 valence electrons. The molecule has 0 atom stereocenters. The largest absolute Gasteiger partial charge is 0.333 e. The Bertz CT molecular complexity index is 1240. The van der Waals surface area contributed by atoms with Gasteiger partial charge in [0.05, 0.1) is 6.54 Å². The smallest absolute Gasteiger partial charge is 0.314 e. The van der Waals surface area contributed by atoms with Crippen molar-refractivity contribution < 1.29 is 0 Å². The molecule has 0 amide bonds. The third kappa shape index (κ3) is 2.61. The molecule has 7 heteroatoms. The zero-order valence-electron chi connectivity index (χ0n) is 15.8. The molecule has 27 heavy (non-hydrogen) atoms. The molecule has 0 N–H and O–H groups in total. The average Bonchev–Trinajstić information content (AvgIpc) is 3.17. The fraction of sp³-hybridized carbons (Fsp3) is 0.350. The lowest BCUT2D eigenvalue weighted by atomic mass is 10.2. The van der Waals surface area contributed by atoms with Gasteiger partial charge < -0.3 is 4.57 Å². The maximum absolute atomic E-state index is 13.1. The van der Waals surface area contributed by atoms with Crippen LogP contribution in [0.5, 0.6) is 0 Å². The summed E-state index contributed by atoms with van der Waals surface area (Å²) in [6, 6.07) is 9.77. The summed E-state index contributed by atoms with van der Waals surface area (Å²) >= 11 is 0. The molecule has 0 aliphatic rings. The quantitative estimate of drug-likeness (QED) is 0.545. The van der Waals surface area contributed by atoms with E-state index in [4.69, 9.17) is 4.98 Å². The molecule has 0 fully saturated rings. The molecule has 7 nitrogen and oxygen atoms in total. The lowest BCUT2D eigenvalue weighted by molar-refractivity contribution is 0.578. The molecule has 0 saturated carbocycles. The first-order chi connectivity index (χ1) is 13.1. The van der Waals surface area contributed by atoms with Crippen molar-refractivity contribution in [2.45, 2.75) is 46.8 Å². The van der Waals surface area contributed by atoms with Crippen molar-refractivity contribution in [2.24, 2.45) is 0 Å². The van der Waals surface area contributed by atoms with Gasteiger partial charge in [-0.1, -0.05) is 37.3 Å². The topological polar surface area (TPSA) is 66.2 Å². The monoisotopic (exact) mass is 365 g/mol. The molecule has 1 aromatic carbocycles. The van der Waals surface area contributed by atoms with Gasteiger partial charge in [0.2, 0.25) is 5.78 Å². The van der Waals surface area contributed by atoms with E-state index in [-0.39, 0.29) is 11.2 Å². The van der Waals surface area contributed by atoms with Gasteiger partial charge in [-0.25, -0.2) is 4.79 Å². The fourth-order valence-electron chi connectivity index (χ4n) is 3.69. The van der Waals surface area contributed by atoms with Crippen molar-refractivity contribution in [1.82, 2.24) is 23.1 Å². The molecule has 0 unspecified atom stereocenters. The number of aromatic nitrogens is 5. The highest BCUT2D eigenvalue weighted by atomic mass is 16.2. The summed E-state index contributed by atoms with van der Waals surface area (Å²) in [7, 11) is 0. The van der Waals surface area contributed by atoms with E-state index in [2.05, 4.69) is 0 Å². The van der Waals surface area contributed by atoms with Gasteiger partial charge in [-0.3, -0.25) is 18.3 Å². The standard InChI is InChI=1S/C20H23N5O2/c1-4-11-23-18(26)16-17(21-19-22(5-2)14(3)12-24(16)19)25(20(23)27)13-15-9-7-6-8-10-15/h6-10,12H,4-5,11,13H2,1-3H3. The van der Waals surface area contributed by atoms with Gasteiger partial charge >= 0.3 is 5.69 Å². The second-order valence-corrected chi connectivity index (χ2v) is 6.78. The molecule has 0 radical (unpaired) electrons. The van der Waals surface area contributed by atoms with E-state index in [0.29, 0.717) is 36.5 Å². The van der Waals surface area contributed by atoms with Crippen LogP contribution in [0.25, 0.3) is 16.9 Å². The summed E-state index contributed by atoms with van der Waals surface area (Å²) in [4.78, 5) is 30.9. The molecular formula is C20H23N5O2. The Balaban J connectivity index is 2.10. The fourth-order valence-corrected chi connectivity index (χ4v) is 3.69. The van der Waals surface area contributed by atoms with Gasteiger partial charge in [-0.2, -0.15) is 4.98 Å². The molecule has 4 aromatic rings. The van der Waals surface area contributed by atoms with Crippen molar-refractivity contribution in [3.05, 3.63) is 68.6 Å². The zero-order chi connectivity index (χ0) is 19.1. The van der Waals surface area contributed by atoms with Crippen LogP contribution in [0.3, 0.4) is 0 Å². The number of aryl methyl sites for hydroxylation is 2. The van der Waals surface area contributed by atoms with Gasteiger partial charge in [0, 0.05) is 25.0 Å². The summed E-state index contributed by atoms with van der Waals surface area (Å²) in [5, 5.41) is 0. The van der Waals surface area contributed by atoms with Crippen LogP contribution in [0.15, 0.2) is 46.1 Å². The minimum atomic E-state index is -0.307. The van der Waals surface area contributed by atoms with Crippen molar-refractivity contribution in [2.75, 3.05) is 0 Å². The molecule has 0 aliphatic carbocycles. The van der Waals surface area contributed by atoms with Crippen LogP contribution in [-0.2, 0) is 19.6 Å². The normalized spacial score (nSPS) is 11.7. The number of benzene rings is 1. The number of hydrogen-bond donors (Lipinski definition) is 0. The van der Waals surface area contributed by atoms with Crippen molar-refractivity contribution in [3.8, 4) is 0 Å². The van der Waals surface area contributed by atoms with Crippen LogP contribution in [0, 0.1) is 6.92 Å². The van der Waals surface area contributed by atoms with Crippen LogP contribution in [0.2, 0.25) is 0 Å². The van der Waals surface area contributed by atoms with E-state index in [0.717, 1.165) is 17.8 Å². The van der Waals surface area contributed by atoms with Crippen molar-refractivity contribution in [3.63, 3.8) is 0 Å². The first-order valence-corrected chi connectivity index (χ1v) is 9.32. The minimum Gasteiger partial charge on any atom is -0.314 e. The number of imidazole rings is 2. The van der Waals surface area contributed by atoms with Gasteiger partial charge in [-0.05, 0) is 25.8 Å². The van der Waals surface area contributed by atoms with Crippen LogP contribution in [-0.4, -0.2) is 23.1 Å². The van der Waals surface area contributed by atoms with E-state index in [1.54, 1.807) is 4.57 Å². The highest BCUT2D eigenvalue weighted by molar-refractivity contribution is 5.75. The third-order valence-corrected chi connectivity index (χ3v) is 4.97. The Hall–Kier alpha value is -3.09. The SMILES string of the molecule is CCCn1c(=O)c2c(nc3n(CC)c(C)cn23)n(Cc2ccccc2)c1=O. The predicted molar refractivity (Wildman–Crippen MR) is 105 cm³/mol. The lowest BCUT2D eigenvalue weighted by Gasteiger charge is -2.11. The minimum absolute atomic E-state index is 0.276. The molecule has 0 saturated heterocycles. The van der Waals surface area contributed by atoms with Gasteiger partial charge in [-0.15, -0.1) is 0 Å². The maximum atomic E-state index is 13.1. The number of rotatable bonds is 5. The van der Waals surface area contributed by atoms with Crippen molar-refractivity contribution >= 4 is 16.9 Å². The molecule has 3 heterocycles. The zero-order valence-corrected chi connectivity index (χ0v) is 15.8. The third-order valence-electron chi connectivity index (χ3n) is 4.97. The van der Waals surface area contributed by atoms with Crippen LogP contribution >= 0.6 is 0 Å². The highest BCUT2D eigenvalue weighted by Crippen LogP contribution is 2.17. The van der Waals surface area contributed by atoms with Crippen LogP contribution in [0.4, 0.5) is 0 Å². The second kappa shape index (κ2) is 6.57. The van der Waals surface area contributed by atoms with E-state index >= 15 is 0 Å². The molecule has 3 aromatic heterocycles. The van der Waals surface area contributed by atoms with E-state index in [1.165, 1.54) is 4.57 Å². The Morgan fingerprint density at radius 3 is 2.41 bits per heavy atom. The summed E-state index contributed by atoms with van der Waals surface area (Å²) in [6.45, 7) is 7.51. The molecule has 4 rings (SSSR count). The van der Waals surface area contributed by atoms with Gasteiger partial charge in [0.15, 0.2) is 11.2 Å². The lowest BCUT2D eigenvalue weighted by Crippen LogP contribution is -2.40. The highest BCUT2D eigenvalue weighted by Gasteiger charge is 2.21. The first-order valence-electron chi connectivity index (χ1n) is 9.32. The molecule has 0 aliphatic heterocycles. The average molecular weight is 365 g/mol. The molecule has 0 spiro atoms. The van der Waals surface area contributed by atoms with E-state index in [1.807, 2.05) is 66.3 Å². The Labute approximate surface area is 156 Å². The maximum Gasteiger partial charge on any atom is 0.333 e. The summed E-state index contributed by atoms with van der Waals surface area (Å²) in [5.74, 6) is 0.692. The molecular weight excluding hydrogens is 342 g/mol. The van der Waals surface area contributed by atoms with Crippen LogP contribution < -0.4 is 11.2 Å². The summed E-state index contributed by atoms with van der Waals surface area (Å²) < 4.78 is 6.81. The number of fused-ring (bicyclic) bond motifs is 3. The number of hydrogen-bond acceptors (Lipinski definition) is 3. The van der Waals surface area contributed by atoms with Gasteiger partial charge in [0.25, 0.3) is 5.56 Å². The Morgan fingerprint density at radius 2 is 1.74 bits per heavy atom. The first kappa shape index (κ1) is 17.3. The second-order valence-electron chi connectivity index (χ2n) is 6.78. The summed E-state index contributed by atoms with van der Waals surface area (Å²) in [6.07, 6.45) is 2.63. The van der Waals surface area contributed by atoms with Crippen LogP contribution in [0.1, 0.15) is 31.5 Å². The predicted octanol–water partition coefficient (Wildman–Crippen LogP) is 2.40. The number of nitrogens with zero attached hydrogens (tertiary/aromatic N) is 5. The summed E-state index contributed by atoms with van der Waals surface area (Å²) in [5.41, 5.74) is 2.35. The Kier molecular flexibility index (Phi) is 4.22. The molecule has 0 bridgehead atoms. The van der Waals surface area contributed by atoms with Gasteiger partial charge in [0.1, 0.15) is 0 Å².